The summed E-state index contributed by atoms with van der Waals surface area (Å²) in [6.07, 6.45) is 2.83. The van der Waals surface area contributed by atoms with Crippen LogP contribution in [-0.2, 0) is 9.53 Å². The summed E-state index contributed by atoms with van der Waals surface area (Å²) in [4.78, 5) is 29.3. The number of H-pyrrole nitrogens is 1. The number of anilines is 1. The van der Waals surface area contributed by atoms with Crippen LogP contribution in [0.25, 0.3) is 10.9 Å². The Hall–Kier alpha value is -2.54. The molecule has 0 spiro atoms. The summed E-state index contributed by atoms with van der Waals surface area (Å²) in [5.74, 6) is 0.728. The number of esters is 1. The van der Waals surface area contributed by atoms with Crippen molar-refractivity contribution in [3.05, 3.63) is 23.9 Å². The van der Waals surface area contributed by atoms with E-state index in [-0.39, 0.29) is 11.6 Å². The van der Waals surface area contributed by atoms with E-state index in [2.05, 4.69) is 17.2 Å². The van der Waals surface area contributed by atoms with Crippen molar-refractivity contribution in [3.8, 4) is 5.75 Å². The Kier molecular flexibility index (Phi) is 6.01. The van der Waals surface area contributed by atoms with Gasteiger partial charge in [0.05, 0.1) is 56.9 Å². The van der Waals surface area contributed by atoms with Crippen LogP contribution in [-0.4, -0.2) is 50.7 Å². The monoisotopic (exact) mass is 374 g/mol. The van der Waals surface area contributed by atoms with Crippen LogP contribution in [0.3, 0.4) is 0 Å². The SMILES string of the molecule is COC(=O)c1[nH]c2cccc(OC)c2c1NC(=O)CC[NH+]1CCC(C)CC1. The predicted molar refractivity (Wildman–Crippen MR) is 103 cm³/mol. The molecule has 3 rings (SSSR count). The molecule has 0 radical (unpaired) electrons. The van der Waals surface area contributed by atoms with E-state index in [4.69, 9.17) is 9.47 Å². The number of aromatic nitrogens is 1. The summed E-state index contributed by atoms with van der Waals surface area (Å²) in [6.45, 7) is 5.30. The van der Waals surface area contributed by atoms with Crippen molar-refractivity contribution in [1.82, 2.24) is 4.98 Å². The molecule has 1 saturated heterocycles. The Balaban J connectivity index is 1.78. The Morgan fingerprint density at radius 1 is 1.26 bits per heavy atom. The number of piperidine rings is 1. The number of amides is 1. The van der Waals surface area contributed by atoms with Crippen LogP contribution in [0, 0.1) is 5.92 Å². The number of benzene rings is 1. The number of methoxy groups -OCH3 is 2. The maximum atomic E-state index is 12.6. The number of nitrogens with one attached hydrogen (secondary N) is 3. The van der Waals surface area contributed by atoms with E-state index in [1.165, 1.54) is 24.9 Å². The predicted octanol–water partition coefficient (Wildman–Crippen LogP) is 1.61. The normalized spacial score (nSPS) is 19.7. The molecule has 0 unspecified atom stereocenters. The highest BCUT2D eigenvalue weighted by Crippen LogP contribution is 2.35. The van der Waals surface area contributed by atoms with Gasteiger partial charge in [0.1, 0.15) is 11.4 Å². The summed E-state index contributed by atoms with van der Waals surface area (Å²) < 4.78 is 10.3. The molecular weight excluding hydrogens is 346 g/mol. The number of quaternary nitrogens is 1. The lowest BCUT2D eigenvalue weighted by atomic mass is 9.99. The summed E-state index contributed by atoms with van der Waals surface area (Å²) in [5, 5.41) is 3.58. The highest BCUT2D eigenvalue weighted by Gasteiger charge is 2.24. The molecule has 0 bridgehead atoms. The Bertz CT molecular complexity index is 822. The van der Waals surface area contributed by atoms with Gasteiger partial charge in [-0.25, -0.2) is 4.79 Å². The largest absolute Gasteiger partial charge is 0.496 e. The Morgan fingerprint density at radius 3 is 2.67 bits per heavy atom. The number of carbonyl (C=O) groups excluding carboxylic acids is 2. The third-order valence-electron chi connectivity index (χ3n) is 5.35. The van der Waals surface area contributed by atoms with E-state index in [1.54, 1.807) is 13.2 Å². The Morgan fingerprint density at radius 2 is 2.00 bits per heavy atom. The molecule has 146 valence electrons. The molecule has 0 atom stereocenters. The molecule has 1 aromatic heterocycles. The molecule has 1 aromatic carbocycles. The molecule has 2 heterocycles. The summed E-state index contributed by atoms with van der Waals surface area (Å²) in [5.41, 5.74) is 1.35. The van der Waals surface area contributed by atoms with Gasteiger partial charge in [0, 0.05) is 0 Å². The summed E-state index contributed by atoms with van der Waals surface area (Å²) >= 11 is 0. The van der Waals surface area contributed by atoms with Crippen LogP contribution in [0.1, 0.15) is 36.7 Å². The van der Waals surface area contributed by atoms with Crippen LogP contribution in [0.15, 0.2) is 18.2 Å². The van der Waals surface area contributed by atoms with Crippen molar-refractivity contribution in [1.29, 1.82) is 0 Å². The maximum absolute atomic E-state index is 12.6. The second kappa shape index (κ2) is 8.43. The van der Waals surface area contributed by atoms with Gasteiger partial charge in [-0.3, -0.25) is 4.79 Å². The third kappa shape index (κ3) is 4.24. The molecule has 1 aliphatic rings. The van der Waals surface area contributed by atoms with Gasteiger partial charge in [-0.2, -0.15) is 0 Å². The number of aromatic amines is 1. The number of hydrogen-bond acceptors (Lipinski definition) is 4. The van der Waals surface area contributed by atoms with Crippen molar-refractivity contribution in [2.45, 2.75) is 26.2 Å². The highest BCUT2D eigenvalue weighted by molar-refractivity contribution is 6.12. The van der Waals surface area contributed by atoms with Gasteiger partial charge in [-0.15, -0.1) is 0 Å². The number of likely N-dealkylation sites (tertiary alicyclic amines) is 1. The zero-order valence-corrected chi connectivity index (χ0v) is 16.2. The zero-order chi connectivity index (χ0) is 19.4. The van der Waals surface area contributed by atoms with Gasteiger partial charge in [0.15, 0.2) is 0 Å². The van der Waals surface area contributed by atoms with Crippen LogP contribution in [0.4, 0.5) is 5.69 Å². The third-order valence-corrected chi connectivity index (χ3v) is 5.35. The van der Waals surface area contributed by atoms with E-state index in [0.717, 1.165) is 25.6 Å². The molecule has 1 aliphatic heterocycles. The first-order valence-corrected chi connectivity index (χ1v) is 9.44. The van der Waals surface area contributed by atoms with Gasteiger partial charge in [-0.05, 0) is 30.9 Å². The van der Waals surface area contributed by atoms with Crippen molar-refractivity contribution in [3.63, 3.8) is 0 Å². The van der Waals surface area contributed by atoms with Crippen LogP contribution in [0.2, 0.25) is 0 Å². The van der Waals surface area contributed by atoms with Crippen molar-refractivity contribution >= 4 is 28.5 Å². The standard InChI is InChI=1S/C20H27N3O4/c1-13-7-10-23(11-8-13)12-9-16(24)22-18-17-14(5-4-6-15(17)26-2)21-19(18)20(25)27-3/h4-6,13,21H,7-12H2,1-3H3,(H,22,24)/p+1. The number of carbonyl (C=O) groups is 2. The minimum atomic E-state index is -0.529. The second-order valence-corrected chi connectivity index (χ2v) is 7.23. The van der Waals surface area contributed by atoms with E-state index in [0.29, 0.717) is 28.8 Å². The average Bonchev–Trinajstić information content (AvgIpc) is 3.05. The number of ether oxygens (including phenoxy) is 2. The number of fused-ring (bicyclic) bond motifs is 1. The van der Waals surface area contributed by atoms with Gasteiger partial charge < -0.3 is 24.7 Å². The van der Waals surface area contributed by atoms with Gasteiger partial charge in [0.25, 0.3) is 0 Å². The maximum Gasteiger partial charge on any atom is 0.356 e. The first-order chi connectivity index (χ1) is 13.0. The fourth-order valence-electron chi connectivity index (χ4n) is 3.68. The van der Waals surface area contributed by atoms with E-state index < -0.39 is 5.97 Å². The lowest BCUT2D eigenvalue weighted by Gasteiger charge is -2.27. The molecule has 2 aromatic rings. The first-order valence-electron chi connectivity index (χ1n) is 9.44. The fourth-order valence-corrected chi connectivity index (χ4v) is 3.68. The quantitative estimate of drug-likeness (QED) is 0.671. The van der Waals surface area contributed by atoms with Crippen LogP contribution < -0.4 is 15.0 Å². The van der Waals surface area contributed by atoms with Crippen molar-refractivity contribution < 1.29 is 24.0 Å². The minimum Gasteiger partial charge on any atom is -0.496 e. The van der Waals surface area contributed by atoms with E-state index in [9.17, 15) is 9.59 Å². The number of rotatable bonds is 6. The van der Waals surface area contributed by atoms with Gasteiger partial charge in [0.2, 0.25) is 5.91 Å². The Labute approximate surface area is 159 Å². The zero-order valence-electron chi connectivity index (χ0n) is 16.2. The molecule has 0 aliphatic carbocycles. The summed E-state index contributed by atoms with van der Waals surface area (Å²) in [6, 6.07) is 5.45. The minimum absolute atomic E-state index is 0.113. The van der Waals surface area contributed by atoms with Crippen molar-refractivity contribution in [2.75, 3.05) is 39.2 Å². The molecule has 3 N–H and O–H groups in total. The van der Waals surface area contributed by atoms with Crippen LogP contribution >= 0.6 is 0 Å². The highest BCUT2D eigenvalue weighted by atomic mass is 16.5. The van der Waals surface area contributed by atoms with Gasteiger partial charge >= 0.3 is 5.97 Å². The molecule has 0 saturated carbocycles. The molecule has 27 heavy (non-hydrogen) atoms. The van der Waals surface area contributed by atoms with Gasteiger partial charge in [-0.1, -0.05) is 13.0 Å². The van der Waals surface area contributed by atoms with Crippen LogP contribution in [0.5, 0.6) is 5.75 Å². The lowest BCUT2D eigenvalue weighted by Crippen LogP contribution is -3.13. The fraction of sp³-hybridized carbons (Fsp3) is 0.500. The lowest BCUT2D eigenvalue weighted by molar-refractivity contribution is -0.905. The molecule has 1 amide bonds. The van der Waals surface area contributed by atoms with E-state index in [1.807, 2.05) is 12.1 Å². The average molecular weight is 374 g/mol. The second-order valence-electron chi connectivity index (χ2n) is 7.23. The number of hydrogen-bond donors (Lipinski definition) is 3. The summed E-state index contributed by atoms with van der Waals surface area (Å²) in [7, 11) is 2.88. The smallest absolute Gasteiger partial charge is 0.356 e. The topological polar surface area (TPSA) is 84.9 Å². The molecule has 1 fully saturated rings. The molecule has 7 heteroatoms. The molecular formula is C20H28N3O4+. The molecule has 7 nitrogen and oxygen atoms in total. The first kappa shape index (κ1) is 19.2. The van der Waals surface area contributed by atoms with E-state index >= 15 is 0 Å². The van der Waals surface area contributed by atoms with Crippen molar-refractivity contribution in [2.24, 2.45) is 5.92 Å².